The summed E-state index contributed by atoms with van der Waals surface area (Å²) in [6, 6.07) is 8.18. The highest BCUT2D eigenvalue weighted by atomic mass is 19.1. The fourth-order valence-corrected chi connectivity index (χ4v) is 6.28. The molecule has 0 amide bonds. The predicted molar refractivity (Wildman–Crippen MR) is 158 cm³/mol. The minimum Gasteiger partial charge on any atom is -0.490 e. The molecule has 0 spiro atoms. The van der Waals surface area contributed by atoms with Crippen LogP contribution in [-0.4, -0.2) is 46.3 Å². The second-order valence-corrected chi connectivity index (χ2v) is 12.4. The molecule has 0 aliphatic carbocycles. The van der Waals surface area contributed by atoms with Crippen molar-refractivity contribution in [2.45, 2.75) is 85.0 Å². The zero-order valence-corrected chi connectivity index (χ0v) is 25.2. The third kappa shape index (κ3) is 6.35. The topological polar surface area (TPSA) is 71.9 Å². The lowest BCUT2D eigenvalue weighted by molar-refractivity contribution is -0.160. The number of aromatic nitrogens is 1. The molecule has 8 heteroatoms. The molecule has 6 nitrogen and oxygen atoms in total. The Bertz CT molecular complexity index is 1500. The van der Waals surface area contributed by atoms with E-state index in [4.69, 9.17) is 14.5 Å². The Hall–Kier alpha value is -3.36. The van der Waals surface area contributed by atoms with Gasteiger partial charge in [-0.2, -0.15) is 0 Å². The van der Waals surface area contributed by atoms with Crippen molar-refractivity contribution in [2.24, 2.45) is 0 Å². The van der Waals surface area contributed by atoms with Crippen molar-refractivity contribution in [3.05, 3.63) is 81.2 Å². The summed E-state index contributed by atoms with van der Waals surface area (Å²) in [5.74, 6) is -1.49. The van der Waals surface area contributed by atoms with Crippen LogP contribution in [0.2, 0.25) is 0 Å². The van der Waals surface area contributed by atoms with Crippen LogP contribution in [0.5, 0.6) is 5.75 Å². The van der Waals surface area contributed by atoms with Crippen LogP contribution in [0.15, 0.2) is 30.3 Å². The van der Waals surface area contributed by atoms with Crippen molar-refractivity contribution in [3.63, 3.8) is 0 Å². The first-order valence-electron chi connectivity index (χ1n) is 14.8. The molecule has 1 aromatic heterocycles. The van der Waals surface area contributed by atoms with Gasteiger partial charge in [-0.1, -0.05) is 12.1 Å². The quantitative estimate of drug-likeness (QED) is 0.314. The number of rotatable bonds is 8. The maximum absolute atomic E-state index is 15.6. The first kappa shape index (κ1) is 30.1. The van der Waals surface area contributed by atoms with Gasteiger partial charge in [-0.15, -0.1) is 0 Å². The van der Waals surface area contributed by atoms with Crippen molar-refractivity contribution < 1.29 is 28.2 Å². The molecule has 2 aromatic carbocycles. The van der Waals surface area contributed by atoms with Gasteiger partial charge in [-0.3, -0.25) is 9.88 Å². The van der Waals surface area contributed by atoms with E-state index in [1.807, 2.05) is 40.7 Å². The highest BCUT2D eigenvalue weighted by Crippen LogP contribution is 2.44. The van der Waals surface area contributed by atoms with E-state index in [0.29, 0.717) is 54.1 Å². The number of hydrogen-bond donors (Lipinski definition) is 1. The average Bonchev–Trinajstić information content (AvgIpc) is 2.93. The lowest BCUT2D eigenvalue weighted by atomic mass is 9.83. The molecule has 0 saturated heterocycles. The van der Waals surface area contributed by atoms with Crippen molar-refractivity contribution in [1.82, 2.24) is 9.88 Å². The van der Waals surface area contributed by atoms with E-state index in [1.54, 1.807) is 12.1 Å². The van der Waals surface area contributed by atoms with Crippen LogP contribution in [0.4, 0.5) is 8.78 Å². The number of aryl methyl sites for hydroxylation is 2. The SMILES string of the molecule is Cc1nc2c(c(-c3cc(F)c4c(c3C)CCCO4)c1C(OC(C)(C)C)C(=O)O)CN(CCCc1cccc(F)c1)CC2. The Morgan fingerprint density at radius 2 is 1.95 bits per heavy atom. The highest BCUT2D eigenvalue weighted by Gasteiger charge is 2.36. The predicted octanol–water partition coefficient (Wildman–Crippen LogP) is 6.90. The third-order valence-electron chi connectivity index (χ3n) is 8.15. The standard InChI is InChI=1S/C34H40F2N2O4/c1-20-24-12-8-16-41-31(24)27(36)18-25(20)30-26-19-38(14-7-10-22-9-6-11-23(35)17-22)15-13-28(26)37-21(2)29(30)32(33(39)40)42-34(3,4)5/h6,9,11,17-18,32H,7-8,10,12-16,19H2,1-5H3,(H,39,40). The van der Waals surface area contributed by atoms with Crippen LogP contribution in [0.3, 0.4) is 0 Å². The fourth-order valence-electron chi connectivity index (χ4n) is 6.28. The molecule has 224 valence electrons. The molecule has 42 heavy (non-hydrogen) atoms. The lowest BCUT2D eigenvalue weighted by Gasteiger charge is -2.34. The van der Waals surface area contributed by atoms with Crippen LogP contribution in [0.25, 0.3) is 11.1 Å². The number of carboxylic acids is 1. The normalized spacial score (nSPS) is 16.0. The summed E-state index contributed by atoms with van der Waals surface area (Å²) in [5, 5.41) is 10.4. The first-order chi connectivity index (χ1) is 19.9. The van der Waals surface area contributed by atoms with E-state index in [2.05, 4.69) is 4.90 Å². The first-order valence-corrected chi connectivity index (χ1v) is 14.8. The number of benzene rings is 2. The molecule has 5 rings (SSSR count). The molecule has 1 unspecified atom stereocenters. The smallest absolute Gasteiger partial charge is 0.337 e. The number of carboxylic acid groups (broad SMARTS) is 1. The second kappa shape index (κ2) is 12.1. The van der Waals surface area contributed by atoms with Crippen LogP contribution in [0.1, 0.15) is 78.9 Å². The molecule has 3 heterocycles. The molecule has 1 atom stereocenters. The van der Waals surface area contributed by atoms with Gasteiger partial charge < -0.3 is 14.6 Å². The number of ether oxygens (including phenoxy) is 2. The average molecular weight is 579 g/mol. The van der Waals surface area contributed by atoms with Crippen LogP contribution >= 0.6 is 0 Å². The van der Waals surface area contributed by atoms with E-state index >= 15 is 4.39 Å². The van der Waals surface area contributed by atoms with E-state index in [0.717, 1.165) is 60.3 Å². The maximum atomic E-state index is 15.6. The van der Waals surface area contributed by atoms with Gasteiger partial charge in [0.1, 0.15) is 5.82 Å². The summed E-state index contributed by atoms with van der Waals surface area (Å²) in [5.41, 5.74) is 6.17. The number of aliphatic carboxylic acids is 1. The number of nitrogens with zero attached hydrogens (tertiary/aromatic N) is 2. The number of fused-ring (bicyclic) bond motifs is 2. The molecule has 0 fully saturated rings. The van der Waals surface area contributed by atoms with E-state index in [-0.39, 0.29) is 5.82 Å². The summed E-state index contributed by atoms with van der Waals surface area (Å²) < 4.78 is 41.1. The Balaban J connectivity index is 1.60. The summed E-state index contributed by atoms with van der Waals surface area (Å²) >= 11 is 0. The molecule has 2 aliphatic heterocycles. The zero-order chi connectivity index (χ0) is 30.2. The van der Waals surface area contributed by atoms with Gasteiger partial charge >= 0.3 is 5.97 Å². The van der Waals surface area contributed by atoms with Gasteiger partial charge in [0.25, 0.3) is 0 Å². The number of hydrogen-bond acceptors (Lipinski definition) is 5. The van der Waals surface area contributed by atoms with Crippen molar-refractivity contribution in [1.29, 1.82) is 0 Å². The fraction of sp³-hybridized carbons (Fsp3) is 0.471. The molecular formula is C34H40F2N2O4. The summed E-state index contributed by atoms with van der Waals surface area (Å²) in [4.78, 5) is 20.0. The van der Waals surface area contributed by atoms with Crippen molar-refractivity contribution in [2.75, 3.05) is 19.7 Å². The van der Waals surface area contributed by atoms with Gasteiger partial charge in [-0.25, -0.2) is 13.6 Å². The minimum absolute atomic E-state index is 0.235. The van der Waals surface area contributed by atoms with Gasteiger partial charge in [0.2, 0.25) is 0 Å². The van der Waals surface area contributed by atoms with E-state index in [9.17, 15) is 14.3 Å². The second-order valence-electron chi connectivity index (χ2n) is 12.4. The summed E-state index contributed by atoms with van der Waals surface area (Å²) in [7, 11) is 0. The number of carbonyl (C=O) groups is 1. The molecule has 0 bridgehead atoms. The van der Waals surface area contributed by atoms with Crippen LogP contribution in [-0.2, 0) is 35.3 Å². The summed E-state index contributed by atoms with van der Waals surface area (Å²) in [6.07, 6.45) is 2.49. The molecule has 1 N–H and O–H groups in total. The molecule has 0 radical (unpaired) electrons. The van der Waals surface area contributed by atoms with Crippen LogP contribution < -0.4 is 4.74 Å². The van der Waals surface area contributed by atoms with Gasteiger partial charge in [0.15, 0.2) is 17.7 Å². The van der Waals surface area contributed by atoms with Gasteiger partial charge in [0, 0.05) is 42.0 Å². The largest absolute Gasteiger partial charge is 0.490 e. The molecule has 2 aliphatic rings. The monoisotopic (exact) mass is 578 g/mol. The maximum Gasteiger partial charge on any atom is 0.337 e. The zero-order valence-electron chi connectivity index (χ0n) is 25.2. The molecule has 0 saturated carbocycles. The minimum atomic E-state index is -1.28. The molecule has 3 aromatic rings. The van der Waals surface area contributed by atoms with E-state index in [1.165, 1.54) is 12.1 Å². The van der Waals surface area contributed by atoms with Gasteiger partial charge in [0.05, 0.1) is 12.2 Å². The Morgan fingerprint density at radius 1 is 1.17 bits per heavy atom. The highest BCUT2D eigenvalue weighted by molar-refractivity contribution is 5.84. The third-order valence-corrected chi connectivity index (χ3v) is 8.15. The van der Waals surface area contributed by atoms with Crippen molar-refractivity contribution in [3.8, 4) is 16.9 Å². The number of halogens is 2. The van der Waals surface area contributed by atoms with Crippen molar-refractivity contribution >= 4 is 5.97 Å². The van der Waals surface area contributed by atoms with Gasteiger partial charge in [-0.05, 0) is 113 Å². The number of pyridine rings is 1. The van der Waals surface area contributed by atoms with E-state index < -0.39 is 23.5 Å². The lowest BCUT2D eigenvalue weighted by Crippen LogP contribution is -2.34. The summed E-state index contributed by atoms with van der Waals surface area (Å²) in [6.45, 7) is 11.9. The van der Waals surface area contributed by atoms with Crippen LogP contribution in [0, 0.1) is 25.5 Å². The Morgan fingerprint density at radius 3 is 2.67 bits per heavy atom. The Labute approximate surface area is 246 Å². The Kier molecular flexibility index (Phi) is 8.67. The molecular weight excluding hydrogens is 538 g/mol.